The predicted octanol–water partition coefficient (Wildman–Crippen LogP) is 4.30. The molecule has 0 aliphatic carbocycles. The molecule has 0 spiro atoms. The van der Waals surface area contributed by atoms with Crippen LogP contribution in [-0.4, -0.2) is 33.2 Å². The molecule has 3 aromatic rings. The molecule has 1 atom stereocenters. The van der Waals surface area contributed by atoms with E-state index in [1.807, 2.05) is 18.2 Å². The van der Waals surface area contributed by atoms with Crippen LogP contribution in [0.2, 0.25) is 5.02 Å². The van der Waals surface area contributed by atoms with Crippen molar-refractivity contribution in [1.29, 1.82) is 0 Å². The fourth-order valence-corrected chi connectivity index (χ4v) is 4.24. The van der Waals surface area contributed by atoms with E-state index < -0.39 is 22.0 Å². The van der Waals surface area contributed by atoms with Gasteiger partial charge in [0.05, 0.1) is 24.2 Å². The van der Waals surface area contributed by atoms with Crippen LogP contribution < -0.4 is 19.1 Å². The van der Waals surface area contributed by atoms with Crippen LogP contribution in [0, 0.1) is 0 Å². The Balaban J connectivity index is 1.58. The number of ether oxygens (including phenoxy) is 2. The number of anilines is 2. The van der Waals surface area contributed by atoms with Crippen LogP contribution in [0.4, 0.5) is 11.4 Å². The fourth-order valence-electron chi connectivity index (χ4n) is 3.16. The first kappa shape index (κ1) is 21.0. The van der Waals surface area contributed by atoms with E-state index in [-0.39, 0.29) is 12.3 Å². The highest BCUT2D eigenvalue weighted by atomic mass is 35.5. The third-order valence-electron chi connectivity index (χ3n) is 4.60. The Hall–Kier alpha value is -3.23. The number of fused-ring (bicyclic) bond motifs is 1. The lowest BCUT2D eigenvalue weighted by molar-refractivity contribution is -0.122. The van der Waals surface area contributed by atoms with E-state index >= 15 is 0 Å². The van der Waals surface area contributed by atoms with E-state index in [1.165, 1.54) is 6.07 Å². The summed E-state index contributed by atoms with van der Waals surface area (Å²) in [6.45, 7) is -0.181. The number of amides is 1. The maximum atomic E-state index is 13.0. The number of carbonyl (C=O) groups excluding carboxylic acids is 1. The molecular weight excluding hydrogens is 440 g/mol. The van der Waals surface area contributed by atoms with Crippen molar-refractivity contribution in [1.82, 2.24) is 0 Å². The molecule has 3 aromatic carbocycles. The zero-order valence-corrected chi connectivity index (χ0v) is 18.1. The summed E-state index contributed by atoms with van der Waals surface area (Å²) < 4.78 is 37.4. The summed E-state index contributed by atoms with van der Waals surface area (Å²) in [7, 11) is -3.65. The highest BCUT2D eigenvalue weighted by Crippen LogP contribution is 2.37. The Bertz CT molecular complexity index is 1220. The van der Waals surface area contributed by atoms with E-state index in [2.05, 4.69) is 5.32 Å². The van der Waals surface area contributed by atoms with Crippen LogP contribution in [0.15, 0.2) is 72.8 Å². The van der Waals surface area contributed by atoms with Crippen LogP contribution in [0.5, 0.6) is 17.2 Å². The molecular formula is C22H19ClN2O5S. The average molecular weight is 459 g/mol. The molecule has 31 heavy (non-hydrogen) atoms. The summed E-state index contributed by atoms with van der Waals surface area (Å²) in [5, 5.41) is 3.14. The maximum Gasteiger partial charge on any atom is 0.267 e. The maximum absolute atomic E-state index is 13.0. The lowest BCUT2D eigenvalue weighted by atomic mass is 10.2. The third-order valence-corrected chi connectivity index (χ3v) is 5.98. The number of hydrogen-bond acceptors (Lipinski definition) is 5. The van der Waals surface area contributed by atoms with Gasteiger partial charge < -0.3 is 14.8 Å². The van der Waals surface area contributed by atoms with Crippen LogP contribution in [0.3, 0.4) is 0 Å². The molecule has 1 N–H and O–H groups in total. The molecule has 0 aromatic heterocycles. The van der Waals surface area contributed by atoms with Crippen molar-refractivity contribution in [2.75, 3.05) is 22.4 Å². The zero-order chi connectivity index (χ0) is 22.0. The van der Waals surface area contributed by atoms with Crippen LogP contribution in [0.25, 0.3) is 0 Å². The average Bonchev–Trinajstić information content (AvgIpc) is 2.74. The topological polar surface area (TPSA) is 84.9 Å². The van der Waals surface area contributed by atoms with Crippen LogP contribution >= 0.6 is 11.6 Å². The summed E-state index contributed by atoms with van der Waals surface area (Å²) in [6, 6.07) is 20.7. The number of nitrogens with zero attached hydrogens (tertiary/aromatic N) is 1. The first-order chi connectivity index (χ1) is 14.8. The van der Waals surface area contributed by atoms with Gasteiger partial charge in [-0.2, -0.15) is 0 Å². The standard InChI is InChI=1S/C22H19ClN2O5S/c1-31(27,28)25-14-21(30-20-12-11-15(23)13-18(20)25)22(26)24-17-9-5-6-10-19(17)29-16-7-3-2-4-8-16/h2-13,21H,14H2,1H3,(H,24,26)/t21-/m1/s1. The van der Waals surface area contributed by atoms with Crippen molar-refractivity contribution in [3.63, 3.8) is 0 Å². The summed E-state index contributed by atoms with van der Waals surface area (Å²) in [5.74, 6) is 0.825. The molecule has 0 fully saturated rings. The Morgan fingerprint density at radius 3 is 2.55 bits per heavy atom. The minimum Gasteiger partial charge on any atom is -0.476 e. The smallest absolute Gasteiger partial charge is 0.267 e. The van der Waals surface area contributed by atoms with Gasteiger partial charge in [0.25, 0.3) is 5.91 Å². The van der Waals surface area contributed by atoms with Gasteiger partial charge >= 0.3 is 0 Å². The van der Waals surface area contributed by atoms with Crippen molar-refractivity contribution in [3.05, 3.63) is 77.8 Å². The van der Waals surface area contributed by atoms with Crippen molar-refractivity contribution < 1.29 is 22.7 Å². The third kappa shape index (κ3) is 4.76. The van der Waals surface area contributed by atoms with Crippen LogP contribution in [0.1, 0.15) is 0 Å². The molecule has 160 valence electrons. The minimum absolute atomic E-state index is 0.181. The number of para-hydroxylation sites is 3. The Morgan fingerprint density at radius 2 is 1.81 bits per heavy atom. The van der Waals surface area contributed by atoms with Crippen molar-refractivity contribution in [3.8, 4) is 17.2 Å². The molecule has 0 saturated carbocycles. The van der Waals surface area contributed by atoms with E-state index in [0.717, 1.165) is 10.6 Å². The number of hydrogen-bond donors (Lipinski definition) is 1. The lowest BCUT2D eigenvalue weighted by Gasteiger charge is -2.34. The van der Waals surface area contributed by atoms with Crippen LogP contribution in [-0.2, 0) is 14.8 Å². The highest BCUT2D eigenvalue weighted by Gasteiger charge is 2.35. The van der Waals surface area contributed by atoms with Gasteiger partial charge in [-0.05, 0) is 42.5 Å². The first-order valence-electron chi connectivity index (χ1n) is 9.38. The van der Waals surface area contributed by atoms with Gasteiger partial charge in [-0.1, -0.05) is 41.9 Å². The van der Waals surface area contributed by atoms with Gasteiger partial charge in [0.2, 0.25) is 10.0 Å². The molecule has 1 aliphatic heterocycles. The minimum atomic E-state index is -3.65. The van der Waals surface area contributed by atoms with Gasteiger partial charge in [-0.15, -0.1) is 0 Å². The Labute approximate surface area is 185 Å². The monoisotopic (exact) mass is 458 g/mol. The number of carbonyl (C=O) groups is 1. The SMILES string of the molecule is CS(=O)(=O)N1C[C@H](C(=O)Nc2ccccc2Oc2ccccc2)Oc2ccc(Cl)cc21. The molecule has 0 saturated heterocycles. The number of rotatable bonds is 5. The largest absolute Gasteiger partial charge is 0.476 e. The molecule has 0 unspecified atom stereocenters. The van der Waals surface area contributed by atoms with E-state index in [4.69, 9.17) is 21.1 Å². The second-order valence-electron chi connectivity index (χ2n) is 6.91. The number of sulfonamides is 1. The van der Waals surface area contributed by atoms with Gasteiger partial charge in [0, 0.05) is 5.02 Å². The Kier molecular flexibility index (Phi) is 5.75. The van der Waals surface area contributed by atoms with Gasteiger partial charge in [-0.25, -0.2) is 8.42 Å². The molecule has 7 nitrogen and oxygen atoms in total. The number of benzene rings is 3. The highest BCUT2D eigenvalue weighted by molar-refractivity contribution is 7.92. The summed E-state index contributed by atoms with van der Waals surface area (Å²) in [5.41, 5.74) is 0.736. The zero-order valence-electron chi connectivity index (χ0n) is 16.5. The van der Waals surface area contributed by atoms with Crippen molar-refractivity contribution in [2.24, 2.45) is 0 Å². The molecule has 1 aliphatic rings. The second-order valence-corrected chi connectivity index (χ2v) is 9.26. The number of halogens is 1. The Morgan fingerprint density at radius 1 is 1.10 bits per heavy atom. The van der Waals surface area contributed by atoms with E-state index in [0.29, 0.717) is 27.9 Å². The molecule has 4 rings (SSSR count). The molecule has 1 amide bonds. The quantitative estimate of drug-likeness (QED) is 0.616. The fraction of sp³-hybridized carbons (Fsp3) is 0.136. The summed E-state index contributed by atoms with van der Waals surface area (Å²) >= 11 is 6.01. The normalized spacial score (nSPS) is 15.5. The molecule has 0 bridgehead atoms. The van der Waals surface area contributed by atoms with E-state index in [1.54, 1.807) is 48.5 Å². The molecule has 9 heteroatoms. The second kappa shape index (κ2) is 8.49. The van der Waals surface area contributed by atoms with E-state index in [9.17, 15) is 13.2 Å². The van der Waals surface area contributed by atoms with Gasteiger partial charge in [0.1, 0.15) is 11.5 Å². The summed E-state index contributed by atoms with van der Waals surface area (Å²) in [4.78, 5) is 13.0. The number of nitrogens with one attached hydrogen (secondary N) is 1. The predicted molar refractivity (Wildman–Crippen MR) is 120 cm³/mol. The van der Waals surface area contributed by atoms with Crippen molar-refractivity contribution in [2.45, 2.75) is 6.10 Å². The first-order valence-corrected chi connectivity index (χ1v) is 11.6. The molecule has 1 heterocycles. The van der Waals surface area contributed by atoms with Gasteiger partial charge in [-0.3, -0.25) is 9.10 Å². The van der Waals surface area contributed by atoms with Gasteiger partial charge in [0.15, 0.2) is 11.9 Å². The molecule has 0 radical (unpaired) electrons. The lowest BCUT2D eigenvalue weighted by Crippen LogP contribution is -2.48. The summed E-state index contributed by atoms with van der Waals surface area (Å²) in [6.07, 6.45) is 0.00854. The van der Waals surface area contributed by atoms with Crippen molar-refractivity contribution >= 4 is 38.9 Å².